The third-order valence-corrected chi connectivity index (χ3v) is 4.00. The van der Waals surface area contributed by atoms with Crippen LogP contribution in [0.3, 0.4) is 0 Å². The van der Waals surface area contributed by atoms with Gasteiger partial charge in [0.1, 0.15) is 0 Å². The minimum Gasteiger partial charge on any atom is -0.478 e. The fourth-order valence-corrected chi connectivity index (χ4v) is 3.20. The van der Waals surface area contributed by atoms with Crippen molar-refractivity contribution < 1.29 is 18.3 Å². The van der Waals surface area contributed by atoms with Gasteiger partial charge in [-0.2, -0.15) is 0 Å². The number of benzene rings is 1. The summed E-state index contributed by atoms with van der Waals surface area (Å²) in [5.74, 6) is -1.27. The monoisotopic (exact) mass is 354 g/mol. The maximum Gasteiger partial charge on any atom is 0.337 e. The Kier molecular flexibility index (Phi) is 5.19. The molecular weight excluding hydrogens is 344 g/mol. The maximum absolute atomic E-state index is 11.3. The van der Waals surface area contributed by atoms with Crippen LogP contribution in [0.2, 0.25) is 5.02 Å². The molecule has 0 heterocycles. The van der Waals surface area contributed by atoms with Crippen molar-refractivity contribution in [3.63, 3.8) is 0 Å². The molecule has 1 aromatic carbocycles. The first-order valence-electron chi connectivity index (χ1n) is 5.03. The molecule has 0 amide bonds. The first-order valence-corrected chi connectivity index (χ1v) is 8.59. The van der Waals surface area contributed by atoms with Crippen LogP contribution >= 0.6 is 27.5 Å². The Morgan fingerprint density at radius 1 is 1.44 bits per heavy atom. The number of rotatable bonds is 5. The molecule has 0 aliphatic heterocycles. The molecule has 0 fully saturated rings. The van der Waals surface area contributed by atoms with E-state index in [1.54, 1.807) is 0 Å². The van der Waals surface area contributed by atoms with Crippen molar-refractivity contribution in [1.29, 1.82) is 0 Å². The van der Waals surface area contributed by atoms with Gasteiger partial charge in [-0.25, -0.2) is 13.2 Å². The highest BCUT2D eigenvalue weighted by Gasteiger charge is 2.17. The topological polar surface area (TPSA) is 71.4 Å². The van der Waals surface area contributed by atoms with Gasteiger partial charge in [0.05, 0.1) is 16.3 Å². The van der Waals surface area contributed by atoms with Crippen molar-refractivity contribution in [3.8, 4) is 0 Å². The van der Waals surface area contributed by atoms with Crippen LogP contribution in [0.15, 0.2) is 12.1 Å². The van der Waals surface area contributed by atoms with Gasteiger partial charge in [-0.15, -0.1) is 0 Å². The van der Waals surface area contributed by atoms with Crippen molar-refractivity contribution >= 4 is 43.3 Å². The van der Waals surface area contributed by atoms with E-state index in [9.17, 15) is 13.2 Å². The normalized spacial score (nSPS) is 11.5. The second-order valence-corrected chi connectivity index (χ2v) is 7.19. The molecule has 0 radical (unpaired) electrons. The Bertz CT molecular complexity index is 569. The summed E-state index contributed by atoms with van der Waals surface area (Å²) in [6, 6.07) is 2.84. The summed E-state index contributed by atoms with van der Waals surface area (Å²) in [5, 5.41) is 9.66. The predicted octanol–water partition coefficient (Wildman–Crippen LogP) is 2.52. The fraction of sp³-hybridized carbons (Fsp3) is 0.364. The molecule has 7 heteroatoms. The van der Waals surface area contributed by atoms with Gasteiger partial charge in [-0.3, -0.25) is 0 Å². The third-order valence-electron chi connectivity index (χ3n) is 2.33. The van der Waals surface area contributed by atoms with E-state index in [0.29, 0.717) is 22.9 Å². The molecule has 100 valence electrons. The number of hydrogen-bond donors (Lipinski definition) is 1. The highest BCUT2D eigenvalue weighted by molar-refractivity contribution is 9.09. The number of alkyl halides is 1. The summed E-state index contributed by atoms with van der Waals surface area (Å²) in [6.07, 6.45) is 1.61. The molecule has 0 spiro atoms. The molecule has 1 N–H and O–H groups in total. The van der Waals surface area contributed by atoms with Crippen LogP contribution in [0.4, 0.5) is 0 Å². The summed E-state index contributed by atoms with van der Waals surface area (Å²) >= 11 is 9.26. The molecule has 4 nitrogen and oxygen atoms in total. The van der Waals surface area contributed by atoms with E-state index in [1.165, 1.54) is 12.1 Å². The highest BCUT2D eigenvalue weighted by atomic mass is 79.9. The second kappa shape index (κ2) is 6.04. The largest absolute Gasteiger partial charge is 0.478 e. The summed E-state index contributed by atoms with van der Waals surface area (Å²) in [5.41, 5.74) is 1.11. The van der Waals surface area contributed by atoms with E-state index in [-0.39, 0.29) is 16.3 Å². The second-order valence-electron chi connectivity index (χ2n) is 3.88. The summed E-state index contributed by atoms with van der Waals surface area (Å²) < 4.78 is 22.6. The van der Waals surface area contributed by atoms with E-state index in [4.69, 9.17) is 16.7 Å². The number of carbonyl (C=O) groups is 1. The fourth-order valence-electron chi connectivity index (χ4n) is 1.61. The average Bonchev–Trinajstić information content (AvgIpc) is 2.21. The molecule has 0 aliphatic carbocycles. The molecule has 0 unspecified atom stereocenters. The van der Waals surface area contributed by atoms with E-state index < -0.39 is 15.8 Å². The van der Waals surface area contributed by atoms with Crippen LogP contribution in [0.5, 0.6) is 0 Å². The molecule has 0 saturated carbocycles. The zero-order chi connectivity index (χ0) is 13.9. The molecule has 1 rings (SSSR count). The summed E-state index contributed by atoms with van der Waals surface area (Å²) in [4.78, 5) is 11.0. The van der Waals surface area contributed by atoms with Crippen LogP contribution in [-0.2, 0) is 22.0 Å². The Morgan fingerprint density at radius 2 is 2.06 bits per heavy atom. The standard InChI is InChI=1S/C11H12BrClO4S/c1-18(16,17)6-7-2-3-9(11(14)15)10(13)8(7)4-5-12/h2-3H,4-6H2,1H3,(H,14,15). The Balaban J connectivity index is 3.36. The van der Waals surface area contributed by atoms with Gasteiger partial charge < -0.3 is 5.11 Å². The van der Waals surface area contributed by atoms with Crippen molar-refractivity contribution in [2.45, 2.75) is 12.2 Å². The number of carboxylic acid groups (broad SMARTS) is 1. The van der Waals surface area contributed by atoms with Gasteiger partial charge in [0.2, 0.25) is 0 Å². The number of hydrogen-bond acceptors (Lipinski definition) is 3. The SMILES string of the molecule is CS(=O)(=O)Cc1ccc(C(=O)O)c(Cl)c1CCBr. The van der Waals surface area contributed by atoms with Gasteiger partial charge in [0.15, 0.2) is 9.84 Å². The lowest BCUT2D eigenvalue weighted by molar-refractivity contribution is 0.0697. The zero-order valence-electron chi connectivity index (χ0n) is 9.61. The molecule has 1 aromatic rings. The quantitative estimate of drug-likeness (QED) is 0.824. The number of sulfone groups is 1. The first kappa shape index (κ1) is 15.5. The van der Waals surface area contributed by atoms with E-state index in [1.807, 2.05) is 0 Å². The lowest BCUT2D eigenvalue weighted by atomic mass is 10.0. The molecule has 0 saturated heterocycles. The first-order chi connectivity index (χ1) is 8.26. The smallest absolute Gasteiger partial charge is 0.337 e. The van der Waals surface area contributed by atoms with Gasteiger partial charge in [-0.05, 0) is 23.6 Å². The van der Waals surface area contributed by atoms with Gasteiger partial charge in [-0.1, -0.05) is 33.6 Å². The van der Waals surface area contributed by atoms with Gasteiger partial charge in [0, 0.05) is 11.6 Å². The molecular formula is C11H12BrClO4S. The number of aromatic carboxylic acids is 1. The Morgan fingerprint density at radius 3 is 2.50 bits per heavy atom. The molecule has 18 heavy (non-hydrogen) atoms. The zero-order valence-corrected chi connectivity index (χ0v) is 12.8. The maximum atomic E-state index is 11.3. The van der Waals surface area contributed by atoms with Gasteiger partial charge in [0.25, 0.3) is 0 Å². The average molecular weight is 356 g/mol. The van der Waals surface area contributed by atoms with Crippen LogP contribution in [0, 0.1) is 0 Å². The van der Waals surface area contributed by atoms with E-state index in [2.05, 4.69) is 15.9 Å². The minimum atomic E-state index is -3.19. The third kappa shape index (κ3) is 3.96. The van der Waals surface area contributed by atoms with Crippen molar-refractivity contribution in [2.24, 2.45) is 0 Å². The summed E-state index contributed by atoms with van der Waals surface area (Å²) in [7, 11) is -3.19. The highest BCUT2D eigenvalue weighted by Crippen LogP contribution is 2.27. The van der Waals surface area contributed by atoms with E-state index >= 15 is 0 Å². The van der Waals surface area contributed by atoms with Crippen LogP contribution in [0.1, 0.15) is 21.5 Å². The van der Waals surface area contributed by atoms with Crippen LogP contribution in [-0.4, -0.2) is 31.1 Å². The van der Waals surface area contributed by atoms with Crippen LogP contribution in [0.25, 0.3) is 0 Å². The van der Waals surface area contributed by atoms with Crippen molar-refractivity contribution in [2.75, 3.05) is 11.6 Å². The molecule has 0 aliphatic rings. The van der Waals surface area contributed by atoms with E-state index in [0.717, 1.165) is 6.26 Å². The minimum absolute atomic E-state index is 0.00938. The Hall–Kier alpha value is -0.590. The lowest BCUT2D eigenvalue weighted by Crippen LogP contribution is -2.08. The number of halogens is 2. The Labute approximate surface area is 119 Å². The van der Waals surface area contributed by atoms with Crippen LogP contribution < -0.4 is 0 Å². The number of carboxylic acids is 1. The predicted molar refractivity (Wildman–Crippen MR) is 74.5 cm³/mol. The lowest BCUT2D eigenvalue weighted by Gasteiger charge is -2.12. The molecule has 0 bridgehead atoms. The summed E-state index contributed by atoms with van der Waals surface area (Å²) in [6.45, 7) is 0. The van der Waals surface area contributed by atoms with Crippen molar-refractivity contribution in [1.82, 2.24) is 0 Å². The van der Waals surface area contributed by atoms with Gasteiger partial charge >= 0.3 is 5.97 Å². The molecule has 0 aromatic heterocycles. The molecule has 0 atom stereocenters. The van der Waals surface area contributed by atoms with Crippen molar-refractivity contribution in [3.05, 3.63) is 33.8 Å².